The number of carbonyl (C=O) groups is 1. The van der Waals surface area contributed by atoms with Crippen molar-refractivity contribution in [3.63, 3.8) is 0 Å². The molecule has 1 atom stereocenters. The summed E-state index contributed by atoms with van der Waals surface area (Å²) in [6.45, 7) is 0.538. The summed E-state index contributed by atoms with van der Waals surface area (Å²) in [6.07, 6.45) is 0. The van der Waals surface area contributed by atoms with Crippen molar-refractivity contribution < 1.29 is 4.79 Å². The van der Waals surface area contributed by atoms with E-state index in [1.54, 1.807) is 12.1 Å². The number of hydrazone groups is 1. The van der Waals surface area contributed by atoms with E-state index in [-0.39, 0.29) is 11.7 Å². The van der Waals surface area contributed by atoms with Crippen LogP contribution in [0.15, 0.2) is 65.8 Å². The zero-order chi connectivity index (χ0) is 17.4. The number of ketones is 1. The molecular weight excluding hydrogens is 355 g/mol. The second kappa shape index (κ2) is 6.51. The highest BCUT2D eigenvalue weighted by Gasteiger charge is 2.31. The van der Waals surface area contributed by atoms with Crippen molar-refractivity contribution in [3.8, 4) is 0 Å². The number of benzene rings is 3. The minimum atomic E-state index is -0.191. The lowest BCUT2D eigenvalue weighted by atomic mass is 9.90. The third-order valence-electron chi connectivity index (χ3n) is 4.41. The van der Waals surface area contributed by atoms with Crippen molar-refractivity contribution in [1.29, 1.82) is 0 Å². The molecule has 0 saturated heterocycles. The van der Waals surface area contributed by atoms with E-state index < -0.39 is 0 Å². The molecule has 1 aliphatic rings. The molecule has 1 aliphatic heterocycles. The fraction of sp³-hybridized carbons (Fsp3) is 0.100. The van der Waals surface area contributed by atoms with Crippen molar-refractivity contribution in [2.75, 3.05) is 6.54 Å². The van der Waals surface area contributed by atoms with Gasteiger partial charge in [-0.1, -0.05) is 65.7 Å². The van der Waals surface area contributed by atoms with Gasteiger partial charge < -0.3 is 5.43 Å². The Morgan fingerprint density at radius 2 is 1.80 bits per heavy atom. The van der Waals surface area contributed by atoms with E-state index in [4.69, 9.17) is 23.2 Å². The first kappa shape index (κ1) is 16.1. The van der Waals surface area contributed by atoms with Gasteiger partial charge >= 0.3 is 0 Å². The van der Waals surface area contributed by atoms with E-state index in [1.165, 1.54) is 0 Å². The minimum absolute atomic E-state index is 0.0910. The maximum Gasteiger partial charge on any atom is 0.209 e. The summed E-state index contributed by atoms with van der Waals surface area (Å²) >= 11 is 12.3. The molecule has 0 spiro atoms. The quantitative estimate of drug-likeness (QED) is 0.655. The third-order valence-corrected chi connectivity index (χ3v) is 4.97. The van der Waals surface area contributed by atoms with Gasteiger partial charge in [0.15, 0.2) is 0 Å². The van der Waals surface area contributed by atoms with Crippen LogP contribution in [0.3, 0.4) is 0 Å². The summed E-state index contributed by atoms with van der Waals surface area (Å²) in [5.74, 6) is -0.282. The monoisotopic (exact) mass is 368 g/mol. The molecule has 0 saturated carbocycles. The maximum absolute atomic E-state index is 13.0. The molecule has 25 heavy (non-hydrogen) atoms. The summed E-state index contributed by atoms with van der Waals surface area (Å²) in [4.78, 5) is 13.0. The van der Waals surface area contributed by atoms with Crippen LogP contribution in [0, 0.1) is 0 Å². The Morgan fingerprint density at radius 1 is 1.00 bits per heavy atom. The summed E-state index contributed by atoms with van der Waals surface area (Å²) in [7, 11) is 0. The van der Waals surface area contributed by atoms with Gasteiger partial charge in [0.25, 0.3) is 0 Å². The van der Waals surface area contributed by atoms with E-state index in [2.05, 4.69) is 10.5 Å². The lowest BCUT2D eigenvalue weighted by Gasteiger charge is -2.14. The van der Waals surface area contributed by atoms with Crippen molar-refractivity contribution in [1.82, 2.24) is 5.43 Å². The molecule has 0 unspecified atom stereocenters. The van der Waals surface area contributed by atoms with Gasteiger partial charge in [-0.15, -0.1) is 0 Å². The number of nitrogens with one attached hydrogen (secondary N) is 1. The molecule has 3 aromatic carbocycles. The van der Waals surface area contributed by atoms with Crippen molar-refractivity contribution >= 4 is 45.5 Å². The molecule has 1 N–H and O–H groups in total. The molecule has 4 rings (SSSR count). The average Bonchev–Trinajstić information content (AvgIpc) is 3.10. The SMILES string of the molecule is O=C(C1=NNC[C@H]1c1ccc(Cl)cc1Cl)c1ccc2ccccc2c1. The Bertz CT molecular complexity index is 1010. The molecule has 1 heterocycles. The first-order valence-electron chi connectivity index (χ1n) is 7.92. The number of carbonyl (C=O) groups excluding carboxylic acids is 1. The van der Waals surface area contributed by atoms with Crippen molar-refractivity contribution in [3.05, 3.63) is 81.8 Å². The Labute approximate surface area is 155 Å². The van der Waals surface area contributed by atoms with Gasteiger partial charge in [0, 0.05) is 22.2 Å². The minimum Gasteiger partial charge on any atom is -0.309 e. The molecule has 3 aromatic rings. The Morgan fingerprint density at radius 3 is 2.60 bits per heavy atom. The summed E-state index contributed by atoms with van der Waals surface area (Å²) in [5.41, 5.74) is 4.87. The number of Topliss-reactive ketones (excluding diaryl/α,β-unsaturated/α-hetero) is 1. The number of halogens is 2. The van der Waals surface area contributed by atoms with Crippen LogP contribution in [0.25, 0.3) is 10.8 Å². The van der Waals surface area contributed by atoms with E-state index >= 15 is 0 Å². The van der Waals surface area contributed by atoms with E-state index in [1.807, 2.05) is 48.5 Å². The molecule has 0 aromatic heterocycles. The number of rotatable bonds is 3. The molecule has 0 aliphatic carbocycles. The molecule has 0 bridgehead atoms. The van der Waals surface area contributed by atoms with Gasteiger partial charge in [-0.3, -0.25) is 4.79 Å². The zero-order valence-electron chi connectivity index (χ0n) is 13.2. The number of nitrogens with zero attached hydrogens (tertiary/aromatic N) is 1. The third kappa shape index (κ3) is 3.01. The van der Waals surface area contributed by atoms with Crippen LogP contribution in [0.2, 0.25) is 10.0 Å². The van der Waals surface area contributed by atoms with Gasteiger partial charge in [-0.05, 0) is 34.5 Å². The zero-order valence-corrected chi connectivity index (χ0v) is 14.7. The van der Waals surface area contributed by atoms with E-state index in [0.717, 1.165) is 16.3 Å². The summed E-state index contributed by atoms with van der Waals surface area (Å²) in [5, 5.41) is 7.48. The van der Waals surface area contributed by atoms with Gasteiger partial charge in [0.05, 0.1) is 5.92 Å². The Hall–Kier alpha value is -2.36. The molecule has 124 valence electrons. The van der Waals surface area contributed by atoms with Gasteiger partial charge in [-0.2, -0.15) is 5.10 Å². The molecule has 0 radical (unpaired) electrons. The van der Waals surface area contributed by atoms with E-state index in [0.29, 0.717) is 27.9 Å². The predicted octanol–water partition coefficient (Wildman–Crippen LogP) is 5.07. The number of hydrogen-bond donors (Lipinski definition) is 1. The van der Waals surface area contributed by atoms with Crippen molar-refractivity contribution in [2.24, 2.45) is 5.10 Å². The van der Waals surface area contributed by atoms with Crippen LogP contribution in [0.4, 0.5) is 0 Å². The van der Waals surface area contributed by atoms with Crippen LogP contribution < -0.4 is 5.43 Å². The van der Waals surface area contributed by atoms with Crippen molar-refractivity contribution in [2.45, 2.75) is 5.92 Å². The second-order valence-corrected chi connectivity index (χ2v) is 6.81. The second-order valence-electron chi connectivity index (χ2n) is 5.97. The smallest absolute Gasteiger partial charge is 0.209 e. The van der Waals surface area contributed by atoms with Gasteiger partial charge in [0.1, 0.15) is 5.71 Å². The average molecular weight is 369 g/mol. The van der Waals surface area contributed by atoms with Crippen LogP contribution in [-0.2, 0) is 0 Å². The number of fused-ring (bicyclic) bond motifs is 1. The highest BCUT2D eigenvalue weighted by Crippen LogP contribution is 2.31. The van der Waals surface area contributed by atoms with Gasteiger partial charge in [-0.25, -0.2) is 0 Å². The van der Waals surface area contributed by atoms with Crippen LogP contribution in [-0.4, -0.2) is 18.0 Å². The first-order valence-corrected chi connectivity index (χ1v) is 8.68. The summed E-state index contributed by atoms with van der Waals surface area (Å²) in [6, 6.07) is 19.0. The van der Waals surface area contributed by atoms with E-state index in [9.17, 15) is 4.79 Å². The van der Waals surface area contributed by atoms with Crippen LogP contribution in [0.5, 0.6) is 0 Å². The van der Waals surface area contributed by atoms with Gasteiger partial charge in [0.2, 0.25) is 5.78 Å². The predicted molar refractivity (Wildman–Crippen MR) is 103 cm³/mol. The fourth-order valence-electron chi connectivity index (χ4n) is 3.13. The number of hydrogen-bond acceptors (Lipinski definition) is 3. The first-order chi connectivity index (χ1) is 12.1. The Balaban J connectivity index is 1.70. The molecule has 0 fully saturated rings. The normalized spacial score (nSPS) is 16.6. The molecular formula is C20H14Cl2N2O. The molecule has 3 nitrogen and oxygen atoms in total. The topological polar surface area (TPSA) is 41.5 Å². The highest BCUT2D eigenvalue weighted by molar-refractivity contribution is 6.48. The molecule has 5 heteroatoms. The van der Waals surface area contributed by atoms with Crippen LogP contribution in [0.1, 0.15) is 21.8 Å². The largest absolute Gasteiger partial charge is 0.309 e. The maximum atomic E-state index is 13.0. The van der Waals surface area contributed by atoms with Crippen LogP contribution >= 0.6 is 23.2 Å². The molecule has 0 amide bonds. The summed E-state index contributed by atoms with van der Waals surface area (Å²) < 4.78 is 0. The fourth-order valence-corrected chi connectivity index (χ4v) is 3.67. The lowest BCUT2D eigenvalue weighted by molar-refractivity contribution is 0.106. The standard InChI is InChI=1S/C20H14Cl2N2O/c21-15-7-8-16(18(22)10-15)17-11-23-24-19(17)20(25)14-6-5-12-3-1-2-4-13(12)9-14/h1-10,17,23H,11H2/t17-/m0/s1. The Kier molecular flexibility index (Phi) is 4.20. The lowest BCUT2D eigenvalue weighted by Crippen LogP contribution is -2.22. The highest BCUT2D eigenvalue weighted by atomic mass is 35.5.